The summed E-state index contributed by atoms with van der Waals surface area (Å²) >= 11 is 0. The van der Waals surface area contributed by atoms with Crippen molar-refractivity contribution in [1.29, 1.82) is 0 Å². The van der Waals surface area contributed by atoms with E-state index in [0.717, 1.165) is 23.7 Å². The number of nitro benzene ring substituents is 1. The average molecular weight is 340 g/mol. The number of carbonyl (C=O) groups is 2. The Morgan fingerprint density at radius 3 is 2.84 bits per heavy atom. The fourth-order valence-corrected chi connectivity index (χ4v) is 3.03. The minimum Gasteiger partial charge on any atom is -0.483 e. The zero-order valence-corrected chi connectivity index (χ0v) is 13.5. The number of hydrogen-bond acceptors (Lipinski definition) is 5. The van der Waals surface area contributed by atoms with Gasteiger partial charge in [0.2, 0.25) is 0 Å². The van der Waals surface area contributed by atoms with Gasteiger partial charge in [-0.2, -0.15) is 0 Å². The van der Waals surface area contributed by atoms with Gasteiger partial charge in [0.05, 0.1) is 10.5 Å². The molecule has 0 unspecified atom stereocenters. The van der Waals surface area contributed by atoms with Gasteiger partial charge in [-0.3, -0.25) is 19.7 Å². The van der Waals surface area contributed by atoms with Crippen molar-refractivity contribution in [2.45, 2.75) is 19.4 Å². The van der Waals surface area contributed by atoms with Gasteiger partial charge in [-0.05, 0) is 31.0 Å². The molecule has 0 bridgehead atoms. The molecule has 7 heteroatoms. The van der Waals surface area contributed by atoms with E-state index in [-0.39, 0.29) is 35.6 Å². The van der Waals surface area contributed by atoms with Crippen molar-refractivity contribution >= 4 is 23.6 Å². The molecule has 1 heterocycles. The monoisotopic (exact) mass is 340 g/mol. The van der Waals surface area contributed by atoms with E-state index in [2.05, 4.69) is 0 Å². The Hall–Kier alpha value is -3.22. The first-order valence-electron chi connectivity index (χ1n) is 7.77. The van der Waals surface area contributed by atoms with Gasteiger partial charge >= 0.3 is 0 Å². The third kappa shape index (κ3) is 3.21. The molecule has 3 rings (SSSR count). The van der Waals surface area contributed by atoms with Crippen molar-refractivity contribution in [3.05, 3.63) is 63.7 Å². The molecule has 2 aromatic carbocycles. The smallest absolute Gasteiger partial charge is 0.270 e. The van der Waals surface area contributed by atoms with E-state index in [4.69, 9.17) is 4.74 Å². The zero-order chi connectivity index (χ0) is 18.0. The highest BCUT2D eigenvalue weighted by Crippen LogP contribution is 2.32. The number of para-hydroxylation sites is 1. The summed E-state index contributed by atoms with van der Waals surface area (Å²) in [5, 5.41) is 10.8. The van der Waals surface area contributed by atoms with Gasteiger partial charge in [-0.1, -0.05) is 18.2 Å². The third-order valence-corrected chi connectivity index (χ3v) is 4.16. The second-order valence-electron chi connectivity index (χ2n) is 5.83. The van der Waals surface area contributed by atoms with Crippen molar-refractivity contribution in [2.24, 2.45) is 0 Å². The van der Waals surface area contributed by atoms with Crippen LogP contribution < -0.4 is 9.64 Å². The topological polar surface area (TPSA) is 89.8 Å². The molecular weight excluding hydrogens is 324 g/mol. The van der Waals surface area contributed by atoms with Gasteiger partial charge in [0.15, 0.2) is 12.9 Å². The maximum atomic E-state index is 12.6. The molecule has 0 fully saturated rings. The van der Waals surface area contributed by atoms with Crippen LogP contribution >= 0.6 is 0 Å². The molecule has 1 aliphatic heterocycles. The van der Waals surface area contributed by atoms with Crippen LogP contribution in [-0.2, 0) is 11.2 Å². The van der Waals surface area contributed by atoms with Crippen LogP contribution in [-0.4, -0.2) is 29.8 Å². The predicted octanol–water partition coefficient (Wildman–Crippen LogP) is 2.76. The number of carbonyl (C=O) groups excluding carboxylic acids is 2. The highest BCUT2D eigenvalue weighted by Gasteiger charge is 2.30. The van der Waals surface area contributed by atoms with Crippen LogP contribution in [0.3, 0.4) is 0 Å². The van der Waals surface area contributed by atoms with E-state index in [9.17, 15) is 19.7 Å². The summed E-state index contributed by atoms with van der Waals surface area (Å²) in [6.07, 6.45) is 1.25. The summed E-state index contributed by atoms with van der Waals surface area (Å²) in [5.74, 6) is -0.0817. The standard InChI is InChI=1S/C18H16N2O5/c1-12-8-13-4-2-3-5-16(13)19(12)18(22)11-25-17-7-6-15(20(23)24)9-14(17)10-21/h2-7,9-10,12H,8,11H2,1H3/t12-/m0/s1. The fourth-order valence-electron chi connectivity index (χ4n) is 3.03. The van der Waals surface area contributed by atoms with Gasteiger partial charge in [0.1, 0.15) is 5.75 Å². The summed E-state index contributed by atoms with van der Waals surface area (Å²) in [4.78, 5) is 35.5. The lowest BCUT2D eigenvalue weighted by atomic mass is 10.1. The van der Waals surface area contributed by atoms with Crippen molar-refractivity contribution in [3.8, 4) is 5.75 Å². The molecule has 128 valence electrons. The van der Waals surface area contributed by atoms with Gasteiger partial charge in [0.25, 0.3) is 11.6 Å². The van der Waals surface area contributed by atoms with Crippen LogP contribution in [0.2, 0.25) is 0 Å². The molecular formula is C18H16N2O5. The minimum atomic E-state index is -0.592. The first-order valence-corrected chi connectivity index (χ1v) is 7.77. The van der Waals surface area contributed by atoms with Gasteiger partial charge in [-0.15, -0.1) is 0 Å². The highest BCUT2D eigenvalue weighted by molar-refractivity contribution is 5.97. The molecule has 1 atom stereocenters. The van der Waals surface area contributed by atoms with E-state index in [0.29, 0.717) is 6.29 Å². The molecule has 25 heavy (non-hydrogen) atoms. The normalized spacial score (nSPS) is 15.6. The molecule has 0 aromatic heterocycles. The van der Waals surface area contributed by atoms with Crippen LogP contribution in [0.1, 0.15) is 22.8 Å². The molecule has 0 radical (unpaired) electrons. The van der Waals surface area contributed by atoms with Crippen LogP contribution in [0.15, 0.2) is 42.5 Å². The van der Waals surface area contributed by atoms with Gasteiger partial charge in [0, 0.05) is 23.9 Å². The summed E-state index contributed by atoms with van der Waals surface area (Å²) < 4.78 is 5.46. The quantitative estimate of drug-likeness (QED) is 0.474. The SMILES string of the molecule is C[C@H]1Cc2ccccc2N1C(=O)COc1ccc([N+](=O)[O-])cc1C=O. The molecule has 7 nitrogen and oxygen atoms in total. The number of rotatable bonds is 5. The van der Waals surface area contributed by atoms with E-state index in [1.165, 1.54) is 12.1 Å². The number of non-ortho nitro benzene ring substituents is 1. The Balaban J connectivity index is 1.75. The average Bonchev–Trinajstić information content (AvgIpc) is 2.95. The molecule has 0 saturated carbocycles. The fraction of sp³-hybridized carbons (Fsp3) is 0.222. The highest BCUT2D eigenvalue weighted by atomic mass is 16.6. The summed E-state index contributed by atoms with van der Waals surface area (Å²) in [6.45, 7) is 1.71. The number of hydrogen-bond donors (Lipinski definition) is 0. The Bertz CT molecular complexity index is 849. The number of nitrogens with zero attached hydrogens (tertiary/aromatic N) is 2. The number of nitro groups is 1. The Labute approximate surface area is 144 Å². The second-order valence-corrected chi connectivity index (χ2v) is 5.83. The number of benzene rings is 2. The van der Waals surface area contributed by atoms with E-state index >= 15 is 0 Å². The van der Waals surface area contributed by atoms with Crippen molar-refractivity contribution in [3.63, 3.8) is 0 Å². The Morgan fingerprint density at radius 1 is 1.36 bits per heavy atom. The molecule has 0 N–H and O–H groups in total. The lowest BCUT2D eigenvalue weighted by Crippen LogP contribution is -2.39. The van der Waals surface area contributed by atoms with Crippen LogP contribution in [0.5, 0.6) is 5.75 Å². The number of fused-ring (bicyclic) bond motifs is 1. The van der Waals surface area contributed by atoms with Crippen molar-refractivity contribution in [2.75, 3.05) is 11.5 Å². The lowest BCUT2D eigenvalue weighted by molar-refractivity contribution is -0.384. The summed E-state index contributed by atoms with van der Waals surface area (Å²) in [7, 11) is 0. The summed E-state index contributed by atoms with van der Waals surface area (Å²) in [5.41, 5.74) is 1.80. The van der Waals surface area contributed by atoms with E-state index in [1.807, 2.05) is 31.2 Å². The first-order chi connectivity index (χ1) is 12.0. The van der Waals surface area contributed by atoms with E-state index < -0.39 is 4.92 Å². The van der Waals surface area contributed by atoms with Crippen LogP contribution in [0, 0.1) is 10.1 Å². The van der Waals surface area contributed by atoms with Gasteiger partial charge < -0.3 is 9.64 Å². The largest absolute Gasteiger partial charge is 0.483 e. The van der Waals surface area contributed by atoms with Gasteiger partial charge in [-0.25, -0.2) is 0 Å². The zero-order valence-electron chi connectivity index (χ0n) is 13.5. The molecule has 1 amide bonds. The molecule has 1 aliphatic rings. The third-order valence-electron chi connectivity index (χ3n) is 4.16. The molecule has 2 aromatic rings. The molecule has 0 aliphatic carbocycles. The maximum absolute atomic E-state index is 12.6. The predicted molar refractivity (Wildman–Crippen MR) is 91.1 cm³/mol. The first kappa shape index (κ1) is 16.6. The maximum Gasteiger partial charge on any atom is 0.270 e. The number of aldehydes is 1. The Kier molecular flexibility index (Phi) is 4.47. The van der Waals surface area contributed by atoms with Crippen molar-refractivity contribution < 1.29 is 19.2 Å². The summed E-state index contributed by atoms with van der Waals surface area (Å²) in [6, 6.07) is 11.4. The Morgan fingerprint density at radius 2 is 2.12 bits per heavy atom. The van der Waals surface area contributed by atoms with Crippen LogP contribution in [0.25, 0.3) is 0 Å². The second kappa shape index (κ2) is 6.72. The lowest BCUT2D eigenvalue weighted by Gasteiger charge is -2.22. The van der Waals surface area contributed by atoms with E-state index in [1.54, 1.807) is 4.90 Å². The molecule has 0 saturated heterocycles. The number of anilines is 1. The number of ether oxygens (including phenoxy) is 1. The van der Waals surface area contributed by atoms with Crippen molar-refractivity contribution in [1.82, 2.24) is 0 Å². The number of amides is 1. The minimum absolute atomic E-state index is 0.0240. The molecule has 0 spiro atoms. The van der Waals surface area contributed by atoms with Crippen LogP contribution in [0.4, 0.5) is 11.4 Å².